The van der Waals surface area contributed by atoms with Gasteiger partial charge in [-0.15, -0.1) is 0 Å². The molecule has 0 aliphatic rings. The van der Waals surface area contributed by atoms with E-state index in [9.17, 15) is 18.4 Å². The van der Waals surface area contributed by atoms with E-state index in [1.54, 1.807) is 12.1 Å². The molecule has 1 amide bonds. The first-order chi connectivity index (χ1) is 9.88. The molecule has 2 rings (SSSR count). The molecule has 0 aromatic heterocycles. The van der Waals surface area contributed by atoms with Gasteiger partial charge in [-0.2, -0.15) is 0 Å². The number of hydrogen-bond acceptors (Lipinski definition) is 2. The van der Waals surface area contributed by atoms with E-state index >= 15 is 0 Å². The van der Waals surface area contributed by atoms with Crippen molar-refractivity contribution in [2.45, 2.75) is 6.92 Å². The van der Waals surface area contributed by atoms with Gasteiger partial charge in [0.2, 0.25) is 0 Å². The molecule has 21 heavy (non-hydrogen) atoms. The van der Waals surface area contributed by atoms with Gasteiger partial charge >= 0.3 is 0 Å². The second kappa shape index (κ2) is 6.13. The topological polar surface area (TPSA) is 46.2 Å². The average Bonchev–Trinajstić information content (AvgIpc) is 2.37. The molecule has 0 unspecified atom stereocenters. The van der Waals surface area contributed by atoms with Gasteiger partial charge in [0.15, 0.2) is 5.78 Å². The SMILES string of the molecule is CC(=O)c1cccc(NC(=O)c2c(F)cc(Br)cc2F)c1. The van der Waals surface area contributed by atoms with Gasteiger partial charge in [0, 0.05) is 15.7 Å². The molecule has 108 valence electrons. The van der Waals surface area contributed by atoms with E-state index in [4.69, 9.17) is 0 Å². The zero-order valence-corrected chi connectivity index (χ0v) is 12.5. The van der Waals surface area contributed by atoms with Crippen LogP contribution in [0.2, 0.25) is 0 Å². The Balaban J connectivity index is 2.30. The number of benzene rings is 2. The van der Waals surface area contributed by atoms with Crippen LogP contribution in [0.1, 0.15) is 27.6 Å². The largest absolute Gasteiger partial charge is 0.322 e. The molecular weight excluding hydrogens is 344 g/mol. The lowest BCUT2D eigenvalue weighted by Gasteiger charge is -2.08. The maximum atomic E-state index is 13.7. The van der Waals surface area contributed by atoms with Crippen molar-refractivity contribution in [3.05, 3.63) is 63.6 Å². The Kier molecular flexibility index (Phi) is 4.47. The summed E-state index contributed by atoms with van der Waals surface area (Å²) in [5, 5.41) is 2.37. The molecule has 0 saturated carbocycles. The van der Waals surface area contributed by atoms with Crippen LogP contribution in [-0.4, -0.2) is 11.7 Å². The number of rotatable bonds is 3. The number of hydrogen-bond donors (Lipinski definition) is 1. The molecule has 3 nitrogen and oxygen atoms in total. The number of carbonyl (C=O) groups is 2. The maximum absolute atomic E-state index is 13.7. The highest BCUT2D eigenvalue weighted by Crippen LogP contribution is 2.21. The average molecular weight is 354 g/mol. The lowest BCUT2D eigenvalue weighted by Crippen LogP contribution is -2.16. The van der Waals surface area contributed by atoms with Crippen LogP contribution in [0.4, 0.5) is 14.5 Å². The predicted molar refractivity (Wildman–Crippen MR) is 78.5 cm³/mol. The number of Topliss-reactive ketones (excluding diaryl/α,β-unsaturated/α-hetero) is 1. The third-order valence-electron chi connectivity index (χ3n) is 2.76. The van der Waals surface area contributed by atoms with Crippen LogP contribution < -0.4 is 5.32 Å². The van der Waals surface area contributed by atoms with Crippen molar-refractivity contribution < 1.29 is 18.4 Å². The zero-order chi connectivity index (χ0) is 15.6. The van der Waals surface area contributed by atoms with Crippen molar-refractivity contribution in [1.82, 2.24) is 0 Å². The summed E-state index contributed by atoms with van der Waals surface area (Å²) >= 11 is 2.94. The van der Waals surface area contributed by atoms with E-state index in [1.165, 1.54) is 19.1 Å². The van der Waals surface area contributed by atoms with E-state index in [2.05, 4.69) is 21.2 Å². The smallest absolute Gasteiger partial charge is 0.261 e. The van der Waals surface area contributed by atoms with Crippen molar-refractivity contribution in [2.75, 3.05) is 5.32 Å². The summed E-state index contributed by atoms with van der Waals surface area (Å²) in [6.07, 6.45) is 0. The van der Waals surface area contributed by atoms with E-state index in [0.717, 1.165) is 12.1 Å². The Morgan fingerprint density at radius 3 is 2.29 bits per heavy atom. The fraction of sp³-hybridized carbons (Fsp3) is 0.0667. The Morgan fingerprint density at radius 2 is 1.71 bits per heavy atom. The van der Waals surface area contributed by atoms with E-state index in [1.807, 2.05) is 0 Å². The molecule has 0 bridgehead atoms. The van der Waals surface area contributed by atoms with Gasteiger partial charge < -0.3 is 5.32 Å². The van der Waals surface area contributed by atoms with Gasteiger partial charge in [-0.1, -0.05) is 28.1 Å². The third kappa shape index (κ3) is 3.52. The first-order valence-corrected chi connectivity index (χ1v) is 6.74. The molecule has 6 heteroatoms. The van der Waals surface area contributed by atoms with E-state index in [0.29, 0.717) is 5.56 Å². The van der Waals surface area contributed by atoms with Gasteiger partial charge in [0.25, 0.3) is 5.91 Å². The van der Waals surface area contributed by atoms with Gasteiger partial charge in [0.1, 0.15) is 17.2 Å². The Labute approximate surface area is 128 Å². The molecule has 0 atom stereocenters. The minimum atomic E-state index is -0.970. The van der Waals surface area contributed by atoms with Crippen molar-refractivity contribution in [3.8, 4) is 0 Å². The predicted octanol–water partition coefficient (Wildman–Crippen LogP) is 4.18. The summed E-state index contributed by atoms with van der Waals surface area (Å²) in [5.74, 6) is -3.03. The number of anilines is 1. The number of ketones is 1. The summed E-state index contributed by atoms with van der Waals surface area (Å²) in [5.41, 5.74) is 0.00500. The van der Waals surface area contributed by atoms with Crippen LogP contribution in [0.25, 0.3) is 0 Å². The highest BCUT2D eigenvalue weighted by Gasteiger charge is 2.18. The van der Waals surface area contributed by atoms with Crippen LogP contribution in [0.5, 0.6) is 0 Å². The first-order valence-electron chi connectivity index (χ1n) is 5.95. The van der Waals surface area contributed by atoms with Gasteiger partial charge in [-0.05, 0) is 31.2 Å². The fourth-order valence-electron chi connectivity index (χ4n) is 1.77. The molecule has 0 aliphatic heterocycles. The second-order valence-electron chi connectivity index (χ2n) is 4.34. The summed E-state index contributed by atoms with van der Waals surface area (Å²) in [4.78, 5) is 23.2. The molecule has 0 aliphatic carbocycles. The summed E-state index contributed by atoms with van der Waals surface area (Å²) in [6.45, 7) is 1.38. The van der Waals surface area contributed by atoms with Gasteiger partial charge in [0.05, 0.1) is 0 Å². The normalized spacial score (nSPS) is 10.3. The third-order valence-corrected chi connectivity index (χ3v) is 3.22. The molecule has 0 heterocycles. The molecule has 2 aromatic rings. The molecule has 0 spiro atoms. The number of amides is 1. The number of carbonyl (C=O) groups excluding carboxylic acids is 2. The van der Waals surface area contributed by atoms with Crippen molar-refractivity contribution in [3.63, 3.8) is 0 Å². The fourth-order valence-corrected chi connectivity index (χ4v) is 2.17. The first kappa shape index (κ1) is 15.3. The Morgan fingerprint density at radius 1 is 1.10 bits per heavy atom. The molecule has 0 radical (unpaired) electrons. The lowest BCUT2D eigenvalue weighted by molar-refractivity contribution is 0.100. The summed E-state index contributed by atoms with van der Waals surface area (Å²) in [6, 6.07) is 8.13. The molecule has 2 aromatic carbocycles. The zero-order valence-electron chi connectivity index (χ0n) is 10.9. The summed E-state index contributed by atoms with van der Waals surface area (Å²) < 4.78 is 27.6. The van der Waals surface area contributed by atoms with E-state index < -0.39 is 23.1 Å². The minimum Gasteiger partial charge on any atom is -0.322 e. The molecule has 0 fully saturated rings. The standard InChI is InChI=1S/C15H10BrF2NO2/c1-8(20)9-3-2-4-11(5-9)19-15(21)14-12(17)6-10(16)7-13(14)18/h2-7H,1H3,(H,19,21). The van der Waals surface area contributed by atoms with Crippen molar-refractivity contribution >= 4 is 33.3 Å². The monoisotopic (exact) mass is 353 g/mol. The van der Waals surface area contributed by atoms with Gasteiger partial charge in [-0.3, -0.25) is 9.59 Å². The van der Waals surface area contributed by atoms with Crippen LogP contribution in [0.15, 0.2) is 40.9 Å². The molecule has 1 N–H and O–H groups in total. The van der Waals surface area contributed by atoms with Crippen molar-refractivity contribution in [1.29, 1.82) is 0 Å². The maximum Gasteiger partial charge on any atom is 0.261 e. The minimum absolute atomic E-state index is 0.174. The number of nitrogens with one attached hydrogen (secondary N) is 1. The van der Waals surface area contributed by atoms with Crippen LogP contribution in [0.3, 0.4) is 0 Å². The Hall–Kier alpha value is -2.08. The van der Waals surface area contributed by atoms with Crippen LogP contribution >= 0.6 is 15.9 Å². The number of halogens is 3. The second-order valence-corrected chi connectivity index (χ2v) is 5.25. The van der Waals surface area contributed by atoms with Crippen molar-refractivity contribution in [2.24, 2.45) is 0 Å². The van der Waals surface area contributed by atoms with Crippen LogP contribution in [-0.2, 0) is 0 Å². The lowest BCUT2D eigenvalue weighted by atomic mass is 10.1. The highest BCUT2D eigenvalue weighted by molar-refractivity contribution is 9.10. The molecule has 0 saturated heterocycles. The van der Waals surface area contributed by atoms with Gasteiger partial charge in [-0.25, -0.2) is 8.78 Å². The highest BCUT2D eigenvalue weighted by atomic mass is 79.9. The van der Waals surface area contributed by atoms with E-state index in [-0.39, 0.29) is 15.9 Å². The summed E-state index contributed by atoms with van der Waals surface area (Å²) in [7, 11) is 0. The molecular formula is C15H10BrF2NO2. The van der Waals surface area contributed by atoms with Crippen LogP contribution in [0, 0.1) is 11.6 Å². The quantitative estimate of drug-likeness (QED) is 0.841. The Bertz CT molecular complexity index is 708.